The third-order valence-corrected chi connectivity index (χ3v) is 3.83. The summed E-state index contributed by atoms with van der Waals surface area (Å²) in [5.41, 5.74) is 2.90. The quantitative estimate of drug-likeness (QED) is 0.671. The van der Waals surface area contributed by atoms with E-state index < -0.39 is 5.82 Å². The van der Waals surface area contributed by atoms with Gasteiger partial charge < -0.3 is 5.32 Å². The topological polar surface area (TPSA) is 29.1 Å². The van der Waals surface area contributed by atoms with Gasteiger partial charge in [-0.3, -0.25) is 4.79 Å². The lowest BCUT2D eigenvalue weighted by Gasteiger charge is -2.35. The fourth-order valence-electron chi connectivity index (χ4n) is 2.87. The molecule has 0 aliphatic carbocycles. The molecule has 2 aromatic rings. The summed E-state index contributed by atoms with van der Waals surface area (Å²) in [7, 11) is 0. The van der Waals surface area contributed by atoms with Crippen LogP contribution in [0.15, 0.2) is 54.6 Å². The third kappa shape index (κ3) is 2.80. The van der Waals surface area contributed by atoms with Crippen molar-refractivity contribution >= 4 is 11.5 Å². The van der Waals surface area contributed by atoms with Gasteiger partial charge in [0.15, 0.2) is 5.78 Å². The van der Waals surface area contributed by atoms with Gasteiger partial charge in [0.1, 0.15) is 5.82 Å². The minimum Gasteiger partial charge on any atom is -0.379 e. The normalized spacial score (nSPS) is 17.7. The first-order chi connectivity index (χ1) is 10.5. The van der Waals surface area contributed by atoms with Crippen molar-refractivity contribution in [1.29, 1.82) is 0 Å². The second-order valence-corrected chi connectivity index (χ2v) is 6.24. The monoisotopic (exact) mass is 295 g/mol. The molecule has 0 unspecified atom stereocenters. The van der Waals surface area contributed by atoms with Crippen molar-refractivity contribution in [3.8, 4) is 0 Å². The number of halogens is 1. The number of benzene rings is 2. The van der Waals surface area contributed by atoms with Gasteiger partial charge in [0.05, 0.1) is 5.56 Å². The van der Waals surface area contributed by atoms with E-state index in [9.17, 15) is 9.18 Å². The van der Waals surface area contributed by atoms with Crippen molar-refractivity contribution in [2.24, 2.45) is 0 Å². The second-order valence-electron chi connectivity index (χ2n) is 6.24. The van der Waals surface area contributed by atoms with Crippen LogP contribution >= 0.6 is 0 Å². The number of hydrogen-bond acceptors (Lipinski definition) is 2. The fourth-order valence-corrected chi connectivity index (χ4v) is 2.87. The number of ketones is 1. The molecule has 112 valence electrons. The van der Waals surface area contributed by atoms with Gasteiger partial charge in [-0.25, -0.2) is 4.39 Å². The van der Waals surface area contributed by atoms with Crippen LogP contribution in [0.1, 0.15) is 35.3 Å². The van der Waals surface area contributed by atoms with Crippen LogP contribution in [-0.4, -0.2) is 11.3 Å². The van der Waals surface area contributed by atoms with E-state index in [-0.39, 0.29) is 16.9 Å². The first-order valence-corrected chi connectivity index (χ1v) is 7.33. The van der Waals surface area contributed by atoms with Crippen molar-refractivity contribution in [2.75, 3.05) is 0 Å². The molecular weight excluding hydrogens is 277 g/mol. The van der Waals surface area contributed by atoms with Crippen LogP contribution in [0.3, 0.4) is 0 Å². The molecule has 0 bridgehead atoms. The highest BCUT2D eigenvalue weighted by atomic mass is 19.1. The molecule has 0 atom stereocenters. The van der Waals surface area contributed by atoms with E-state index in [1.165, 1.54) is 23.8 Å². The molecule has 0 aromatic heterocycles. The molecule has 0 radical (unpaired) electrons. The first kappa shape index (κ1) is 14.5. The van der Waals surface area contributed by atoms with Crippen molar-refractivity contribution in [2.45, 2.75) is 25.8 Å². The summed E-state index contributed by atoms with van der Waals surface area (Å²) >= 11 is 0. The van der Waals surface area contributed by atoms with Crippen LogP contribution < -0.4 is 5.32 Å². The lowest BCUT2D eigenvalue weighted by atomic mass is 9.85. The highest BCUT2D eigenvalue weighted by Crippen LogP contribution is 2.29. The predicted octanol–water partition coefficient (Wildman–Crippen LogP) is 3.97. The number of nitrogens with one attached hydrogen (secondary N) is 1. The molecule has 0 saturated heterocycles. The maximum absolute atomic E-state index is 13.8. The molecule has 3 rings (SSSR count). The maximum atomic E-state index is 13.8. The van der Waals surface area contributed by atoms with E-state index in [1.807, 2.05) is 18.2 Å². The Kier molecular flexibility index (Phi) is 3.57. The number of rotatable bonds is 2. The number of carbonyl (C=O) groups excluding carboxylic acids is 1. The van der Waals surface area contributed by atoms with Crippen LogP contribution in [0, 0.1) is 5.82 Å². The molecule has 3 heteroatoms. The van der Waals surface area contributed by atoms with Crippen LogP contribution in [0.25, 0.3) is 5.70 Å². The molecule has 2 nitrogen and oxygen atoms in total. The zero-order valence-corrected chi connectivity index (χ0v) is 12.7. The SMILES string of the molecule is CC1(C)Cc2ccccc2C(=CC(=O)c2ccccc2F)N1. The van der Waals surface area contributed by atoms with E-state index in [4.69, 9.17) is 0 Å². The molecule has 1 heterocycles. The van der Waals surface area contributed by atoms with Crippen molar-refractivity contribution in [3.63, 3.8) is 0 Å². The summed E-state index contributed by atoms with van der Waals surface area (Å²) in [6.45, 7) is 4.18. The number of allylic oxidation sites excluding steroid dienone is 1. The van der Waals surface area contributed by atoms with E-state index in [0.29, 0.717) is 0 Å². The molecule has 1 N–H and O–H groups in total. The van der Waals surface area contributed by atoms with Crippen molar-refractivity contribution in [3.05, 3.63) is 77.1 Å². The average molecular weight is 295 g/mol. The Labute approximate surface area is 129 Å². The molecule has 0 fully saturated rings. The van der Waals surface area contributed by atoms with Crippen LogP contribution in [-0.2, 0) is 6.42 Å². The summed E-state index contributed by atoms with van der Waals surface area (Å²) in [6.07, 6.45) is 2.38. The van der Waals surface area contributed by atoms with Gasteiger partial charge in [-0.05, 0) is 38.0 Å². The summed E-state index contributed by atoms with van der Waals surface area (Å²) < 4.78 is 13.8. The highest BCUT2D eigenvalue weighted by Gasteiger charge is 2.27. The molecule has 1 aliphatic rings. The molecule has 22 heavy (non-hydrogen) atoms. The predicted molar refractivity (Wildman–Crippen MR) is 86.1 cm³/mol. The Hall–Kier alpha value is -2.42. The average Bonchev–Trinajstić information content (AvgIpc) is 2.46. The van der Waals surface area contributed by atoms with Gasteiger partial charge in [0.25, 0.3) is 0 Å². The molecule has 0 spiro atoms. The zero-order chi connectivity index (χ0) is 15.7. The van der Waals surface area contributed by atoms with E-state index in [2.05, 4.69) is 25.2 Å². The second kappa shape index (κ2) is 5.41. The standard InChI is InChI=1S/C19H18FNO/c1-19(2)12-13-7-3-4-8-14(13)17(21-19)11-18(22)15-9-5-6-10-16(15)20/h3-11,21H,12H2,1-2H3. The summed E-state index contributed by atoms with van der Waals surface area (Å²) in [5.74, 6) is -0.819. The van der Waals surface area contributed by atoms with E-state index in [1.54, 1.807) is 12.1 Å². The van der Waals surface area contributed by atoms with Crippen LogP contribution in [0.5, 0.6) is 0 Å². The lowest BCUT2D eigenvalue weighted by Crippen LogP contribution is -2.43. The fraction of sp³-hybridized carbons (Fsp3) is 0.211. The molecule has 2 aromatic carbocycles. The van der Waals surface area contributed by atoms with Crippen molar-refractivity contribution in [1.82, 2.24) is 5.32 Å². The number of fused-ring (bicyclic) bond motifs is 1. The Morgan fingerprint density at radius 3 is 2.59 bits per heavy atom. The Bertz CT molecular complexity index is 762. The minimum absolute atomic E-state index is 0.0951. The minimum atomic E-state index is -0.493. The Morgan fingerprint density at radius 1 is 1.14 bits per heavy atom. The molecule has 0 amide bonds. The van der Waals surface area contributed by atoms with E-state index >= 15 is 0 Å². The van der Waals surface area contributed by atoms with Gasteiger partial charge >= 0.3 is 0 Å². The van der Waals surface area contributed by atoms with Gasteiger partial charge in [-0.1, -0.05) is 36.4 Å². The first-order valence-electron chi connectivity index (χ1n) is 7.33. The van der Waals surface area contributed by atoms with Gasteiger partial charge in [-0.2, -0.15) is 0 Å². The van der Waals surface area contributed by atoms with Crippen molar-refractivity contribution < 1.29 is 9.18 Å². The number of hydrogen-bond donors (Lipinski definition) is 1. The highest BCUT2D eigenvalue weighted by molar-refractivity contribution is 6.08. The summed E-state index contributed by atoms with van der Waals surface area (Å²) in [6, 6.07) is 14.1. The van der Waals surface area contributed by atoms with Gasteiger partial charge in [-0.15, -0.1) is 0 Å². The van der Waals surface area contributed by atoms with E-state index in [0.717, 1.165) is 17.7 Å². The van der Waals surface area contributed by atoms with Gasteiger partial charge in [0.2, 0.25) is 0 Å². The summed E-state index contributed by atoms with van der Waals surface area (Å²) in [5, 5.41) is 3.39. The van der Waals surface area contributed by atoms with Gasteiger partial charge in [0, 0.05) is 22.9 Å². The largest absolute Gasteiger partial charge is 0.379 e. The molecule has 1 aliphatic heterocycles. The van der Waals surface area contributed by atoms with Crippen LogP contribution in [0.4, 0.5) is 4.39 Å². The molecular formula is C19H18FNO. The third-order valence-electron chi connectivity index (χ3n) is 3.83. The number of carbonyl (C=O) groups is 1. The smallest absolute Gasteiger partial charge is 0.190 e. The zero-order valence-electron chi connectivity index (χ0n) is 12.7. The Morgan fingerprint density at radius 2 is 1.82 bits per heavy atom. The van der Waals surface area contributed by atoms with Crippen LogP contribution in [0.2, 0.25) is 0 Å². The lowest BCUT2D eigenvalue weighted by molar-refractivity contribution is 0.104. The Balaban J connectivity index is 2.04. The maximum Gasteiger partial charge on any atom is 0.190 e. The molecule has 0 saturated carbocycles. The summed E-state index contributed by atoms with van der Waals surface area (Å²) in [4.78, 5) is 12.4.